The van der Waals surface area contributed by atoms with E-state index >= 15 is 0 Å². The molecule has 0 heterocycles. The van der Waals surface area contributed by atoms with E-state index < -0.39 is 26.5 Å². The third-order valence-electron chi connectivity index (χ3n) is 0.698. The van der Waals surface area contributed by atoms with Crippen LogP contribution in [0.2, 0.25) is 0 Å². The molecule has 11 heteroatoms. The standard InChI is InChI=1S/C3H8N4O2.H3O4P/c4-2(5)7(1-8)3(6)9;1-5(2,3)4/h8H,1H2,(H3,4,5)(H2,6,9);(H3,1,2,3,4). The van der Waals surface area contributed by atoms with Crippen molar-refractivity contribution in [1.29, 1.82) is 5.41 Å². The Morgan fingerprint density at radius 1 is 1.36 bits per heavy atom. The van der Waals surface area contributed by atoms with Gasteiger partial charge >= 0.3 is 13.9 Å². The minimum atomic E-state index is -4.64. The second-order valence-electron chi connectivity index (χ2n) is 1.81. The minimum absolute atomic E-state index is 0.514. The number of aliphatic hydroxyl groups excluding tert-OH is 1. The van der Waals surface area contributed by atoms with Crippen LogP contribution in [0.25, 0.3) is 0 Å². The predicted molar refractivity (Wildman–Crippen MR) is 44.7 cm³/mol. The molecule has 0 radical (unpaired) electrons. The maximum atomic E-state index is 10.1. The first kappa shape index (κ1) is 15.3. The Morgan fingerprint density at radius 3 is 1.64 bits per heavy atom. The van der Waals surface area contributed by atoms with Gasteiger partial charge in [-0.05, 0) is 0 Å². The lowest BCUT2D eigenvalue weighted by Gasteiger charge is -2.12. The Labute approximate surface area is 78.5 Å². The molecule has 2 amide bonds. The number of guanidine groups is 1. The summed E-state index contributed by atoms with van der Waals surface area (Å²) < 4.78 is 8.88. The van der Waals surface area contributed by atoms with Crippen molar-refractivity contribution in [3.63, 3.8) is 0 Å². The van der Waals surface area contributed by atoms with E-state index in [0.717, 1.165) is 0 Å². The number of hydrogen-bond acceptors (Lipinski definition) is 4. The summed E-state index contributed by atoms with van der Waals surface area (Å²) in [5, 5.41) is 14.9. The van der Waals surface area contributed by atoms with Gasteiger partial charge in [-0.3, -0.25) is 5.41 Å². The zero-order chi connectivity index (χ0) is 11.9. The monoisotopic (exact) mass is 230 g/mol. The molecule has 0 aliphatic heterocycles. The number of hydrogen-bond donors (Lipinski definition) is 7. The summed E-state index contributed by atoms with van der Waals surface area (Å²) in [6.45, 7) is -0.662. The van der Waals surface area contributed by atoms with Crippen molar-refractivity contribution < 1.29 is 29.1 Å². The highest BCUT2D eigenvalue weighted by Crippen LogP contribution is 2.25. The van der Waals surface area contributed by atoms with Crippen LogP contribution in [0.1, 0.15) is 0 Å². The van der Waals surface area contributed by atoms with Crippen molar-refractivity contribution in [2.45, 2.75) is 0 Å². The molecule has 0 unspecified atom stereocenters. The molecule has 0 saturated heterocycles. The first-order valence-electron chi connectivity index (χ1n) is 2.89. The van der Waals surface area contributed by atoms with Crippen LogP contribution in [-0.4, -0.2) is 43.4 Å². The Balaban J connectivity index is 0. The number of carbonyl (C=O) groups is 1. The summed E-state index contributed by atoms with van der Waals surface area (Å²) in [5.74, 6) is -0.565. The normalized spacial score (nSPS) is 9.71. The lowest BCUT2D eigenvalue weighted by Crippen LogP contribution is -2.44. The van der Waals surface area contributed by atoms with Crippen molar-refractivity contribution in [3.05, 3.63) is 0 Å². The van der Waals surface area contributed by atoms with E-state index in [4.69, 9.17) is 35.5 Å². The Bertz CT molecular complexity index is 227. The molecule has 9 N–H and O–H groups in total. The Kier molecular flexibility index (Phi) is 6.87. The Morgan fingerprint density at radius 2 is 1.64 bits per heavy atom. The molecular weight excluding hydrogens is 219 g/mol. The summed E-state index contributed by atoms with van der Waals surface area (Å²) in [7, 11) is -4.64. The molecule has 0 saturated carbocycles. The average molecular weight is 230 g/mol. The topological polar surface area (TPSA) is 194 Å². The number of aliphatic hydroxyl groups is 1. The van der Waals surface area contributed by atoms with E-state index in [0.29, 0.717) is 4.90 Å². The van der Waals surface area contributed by atoms with Gasteiger partial charge in [0.25, 0.3) is 0 Å². The summed E-state index contributed by atoms with van der Waals surface area (Å²) in [6.07, 6.45) is 0. The maximum Gasteiger partial charge on any atom is 0.466 e. The van der Waals surface area contributed by atoms with Crippen LogP contribution >= 0.6 is 7.82 Å². The number of rotatable bonds is 1. The van der Waals surface area contributed by atoms with Gasteiger partial charge in [0.2, 0.25) is 0 Å². The molecule has 0 bridgehead atoms. The molecule has 0 atom stereocenters. The number of urea groups is 1. The summed E-state index contributed by atoms with van der Waals surface area (Å²) in [4.78, 5) is 32.2. The number of nitrogens with one attached hydrogen (secondary N) is 1. The van der Waals surface area contributed by atoms with E-state index in [1.807, 2.05) is 0 Å². The zero-order valence-corrected chi connectivity index (χ0v) is 7.76. The van der Waals surface area contributed by atoms with Crippen LogP contribution in [0.5, 0.6) is 0 Å². The molecule has 0 fully saturated rings. The highest BCUT2D eigenvalue weighted by atomic mass is 31.2. The zero-order valence-electron chi connectivity index (χ0n) is 6.86. The molecular formula is C3H11N4O6P. The van der Waals surface area contributed by atoms with Crippen LogP contribution in [-0.2, 0) is 4.57 Å². The van der Waals surface area contributed by atoms with Gasteiger partial charge in [-0.25, -0.2) is 14.3 Å². The summed E-state index contributed by atoms with van der Waals surface area (Å²) >= 11 is 0. The molecule has 14 heavy (non-hydrogen) atoms. The molecule has 0 aliphatic carbocycles. The van der Waals surface area contributed by atoms with Crippen LogP contribution in [0, 0.1) is 5.41 Å². The van der Waals surface area contributed by atoms with E-state index in [-0.39, 0.29) is 0 Å². The average Bonchev–Trinajstić information content (AvgIpc) is 1.81. The number of nitrogens with two attached hydrogens (primary N) is 2. The van der Waals surface area contributed by atoms with E-state index in [1.165, 1.54) is 0 Å². The van der Waals surface area contributed by atoms with Gasteiger partial charge < -0.3 is 31.3 Å². The first-order valence-corrected chi connectivity index (χ1v) is 4.46. The minimum Gasteiger partial charge on any atom is -0.376 e. The largest absolute Gasteiger partial charge is 0.466 e. The third kappa shape index (κ3) is 13.4. The maximum absolute atomic E-state index is 10.1. The van der Waals surface area contributed by atoms with E-state index in [2.05, 4.69) is 5.73 Å². The van der Waals surface area contributed by atoms with Crippen molar-refractivity contribution in [2.24, 2.45) is 11.5 Å². The molecule has 0 spiro atoms. The number of carbonyl (C=O) groups excluding carboxylic acids is 1. The highest BCUT2D eigenvalue weighted by Gasteiger charge is 2.09. The van der Waals surface area contributed by atoms with Crippen LogP contribution < -0.4 is 11.5 Å². The second kappa shape index (κ2) is 6.29. The summed E-state index contributed by atoms with van der Waals surface area (Å²) in [6, 6.07) is -0.940. The Hall–Kier alpha value is -1.19. The lowest BCUT2D eigenvalue weighted by molar-refractivity contribution is 0.170. The first-order chi connectivity index (χ1) is 6.09. The van der Waals surface area contributed by atoms with Crippen LogP contribution in [0.4, 0.5) is 4.79 Å². The predicted octanol–water partition coefficient (Wildman–Crippen LogP) is -2.72. The molecule has 0 aromatic heterocycles. The molecule has 0 aliphatic rings. The van der Waals surface area contributed by atoms with Crippen LogP contribution in [0.3, 0.4) is 0 Å². The number of phosphoric acid groups is 1. The fourth-order valence-electron chi connectivity index (χ4n) is 0.265. The van der Waals surface area contributed by atoms with Crippen molar-refractivity contribution in [3.8, 4) is 0 Å². The SMILES string of the molecule is N=C(N)N(CO)C(N)=O.O=P(O)(O)O. The van der Waals surface area contributed by atoms with Gasteiger partial charge in [0.05, 0.1) is 0 Å². The smallest absolute Gasteiger partial charge is 0.376 e. The number of primary amides is 1. The van der Waals surface area contributed by atoms with Crippen molar-refractivity contribution >= 4 is 19.8 Å². The summed E-state index contributed by atoms with van der Waals surface area (Å²) in [5.41, 5.74) is 9.45. The van der Waals surface area contributed by atoms with Crippen molar-refractivity contribution in [2.75, 3.05) is 6.73 Å². The van der Waals surface area contributed by atoms with Gasteiger partial charge in [-0.2, -0.15) is 0 Å². The van der Waals surface area contributed by atoms with Crippen LogP contribution in [0.15, 0.2) is 0 Å². The molecule has 0 aromatic carbocycles. The van der Waals surface area contributed by atoms with Gasteiger partial charge in [-0.1, -0.05) is 0 Å². The molecule has 0 aromatic rings. The van der Waals surface area contributed by atoms with E-state index in [9.17, 15) is 4.79 Å². The quantitative estimate of drug-likeness (QED) is 0.110. The van der Waals surface area contributed by atoms with Gasteiger partial charge in [-0.15, -0.1) is 0 Å². The fraction of sp³-hybridized carbons (Fsp3) is 0.333. The molecule has 84 valence electrons. The van der Waals surface area contributed by atoms with Gasteiger partial charge in [0.1, 0.15) is 6.73 Å². The van der Waals surface area contributed by atoms with Gasteiger partial charge in [0, 0.05) is 0 Å². The molecule has 0 rings (SSSR count). The fourth-order valence-corrected chi connectivity index (χ4v) is 0.265. The number of nitrogens with zero attached hydrogens (tertiary/aromatic N) is 1. The highest BCUT2D eigenvalue weighted by molar-refractivity contribution is 7.45. The lowest BCUT2D eigenvalue weighted by atomic mass is 10.7. The van der Waals surface area contributed by atoms with Gasteiger partial charge in [0.15, 0.2) is 5.96 Å². The van der Waals surface area contributed by atoms with E-state index in [1.54, 1.807) is 0 Å². The van der Waals surface area contributed by atoms with Crippen molar-refractivity contribution in [1.82, 2.24) is 4.90 Å². The molecule has 10 nitrogen and oxygen atoms in total. The second-order valence-corrected chi connectivity index (χ2v) is 2.83. The third-order valence-corrected chi connectivity index (χ3v) is 0.698. The number of amides is 2.